The van der Waals surface area contributed by atoms with Crippen LogP contribution in [0.2, 0.25) is 0 Å². The second-order valence-corrected chi connectivity index (χ2v) is 20.1. The molecule has 0 saturated carbocycles. The number of carbonyl (C=O) groups is 6. The number of carbonyl (C=O) groups excluding carboxylic acids is 6. The number of aryl methyl sites for hydroxylation is 1. The van der Waals surface area contributed by atoms with Gasteiger partial charge in [-0.3, -0.25) is 38.8 Å². The summed E-state index contributed by atoms with van der Waals surface area (Å²) < 4.78 is 48.2. The average Bonchev–Trinajstić information content (AvgIpc) is 3.90. The zero-order valence-electron chi connectivity index (χ0n) is 44.2. The van der Waals surface area contributed by atoms with Crippen LogP contribution in [0.25, 0.3) is 0 Å². The normalized spacial score (nSPS) is 12.2. The number of nitrogens with zero attached hydrogens (tertiary/aromatic N) is 3. The molecule has 0 bridgehead atoms. The second kappa shape index (κ2) is 43.0. The van der Waals surface area contributed by atoms with Gasteiger partial charge in [0.1, 0.15) is 24.8 Å². The minimum Gasteiger partial charge on any atom is -0.508 e. The van der Waals surface area contributed by atoms with Crippen LogP contribution < -0.4 is 37.0 Å². The van der Waals surface area contributed by atoms with Crippen molar-refractivity contribution in [2.45, 2.75) is 147 Å². The molecule has 0 spiro atoms. The highest BCUT2D eigenvalue weighted by atomic mass is 32.2. The third-order valence-corrected chi connectivity index (χ3v) is 13.2. The van der Waals surface area contributed by atoms with Gasteiger partial charge in [-0.2, -0.15) is 0 Å². The van der Waals surface area contributed by atoms with E-state index in [0.29, 0.717) is 32.2 Å². The van der Waals surface area contributed by atoms with Crippen molar-refractivity contribution in [1.29, 1.82) is 0 Å². The van der Waals surface area contributed by atoms with Gasteiger partial charge in [0.25, 0.3) is 0 Å². The topological polar surface area (TPSA) is 346 Å². The molecule has 0 aliphatic carbocycles. The van der Waals surface area contributed by atoms with Gasteiger partial charge in [0, 0.05) is 38.9 Å². The van der Waals surface area contributed by atoms with Crippen molar-refractivity contribution in [3.8, 4) is 5.75 Å². The molecule has 2 atom stereocenters. The molecule has 25 heteroatoms. The first-order chi connectivity index (χ1) is 36.3. The largest absolute Gasteiger partial charge is 0.508 e. The van der Waals surface area contributed by atoms with Gasteiger partial charge in [-0.1, -0.05) is 82.8 Å². The maximum absolute atomic E-state index is 12.8. The van der Waals surface area contributed by atoms with Crippen LogP contribution in [0, 0.1) is 0 Å². The Morgan fingerprint density at radius 3 is 1.72 bits per heavy atom. The molecule has 0 aliphatic heterocycles. The van der Waals surface area contributed by atoms with Crippen molar-refractivity contribution in [3.05, 3.63) is 35.7 Å². The van der Waals surface area contributed by atoms with Gasteiger partial charge in [-0.15, -0.1) is 5.10 Å². The van der Waals surface area contributed by atoms with E-state index >= 15 is 0 Å². The lowest BCUT2D eigenvalue weighted by Gasteiger charge is -2.19. The first-order valence-corrected chi connectivity index (χ1v) is 28.3. The Balaban J connectivity index is 1.31. The van der Waals surface area contributed by atoms with Crippen molar-refractivity contribution in [1.82, 2.24) is 51.9 Å². The molecule has 1 aromatic carbocycles. The summed E-state index contributed by atoms with van der Waals surface area (Å²) in [5, 5.41) is 37.3. The number of hydrogen-bond donors (Lipinski definition) is 9. The predicted octanol–water partition coefficient (Wildman–Crippen LogP) is 1.56. The molecule has 10 N–H and O–H groups in total. The molecule has 0 radical (unpaired) electrons. The van der Waals surface area contributed by atoms with Crippen molar-refractivity contribution >= 4 is 45.3 Å². The molecule has 0 aliphatic rings. The van der Waals surface area contributed by atoms with Crippen molar-refractivity contribution in [2.75, 3.05) is 91.8 Å². The molecule has 2 aromatic rings. The standard InChI is InChI=1S/C50H87N11O13S/c1-52-42(44(63)37-56-43(50(51)68)36-40-22-24-41(62)25-23-40)18-15-16-26-53-48(66)38-73-33-32-72-30-28-55-49(67)39-74-34-31-71-29-27-54-46(64)21-17-35-75(69,70)59-47(65)20-14-12-10-8-6-4-2-3-5-7-9-11-13-19-45-57-60-61-58-45/h22-25,42-43,52,56,62H,2-21,26-39H2,1H3,(H2,51,68)(H,53,66)(H,54,64)(H,55,67)(H,59,65)(H,57,58,60,61)/t42-,43-/m0/s1. The number of primary amides is 1. The number of sulfonamides is 1. The number of tetrazole rings is 1. The Morgan fingerprint density at radius 1 is 0.627 bits per heavy atom. The number of ketones is 1. The molecular formula is C50H87N11O13S. The van der Waals surface area contributed by atoms with Gasteiger partial charge in [0.05, 0.1) is 64.0 Å². The molecule has 5 amide bonds. The number of ether oxygens (including phenoxy) is 4. The van der Waals surface area contributed by atoms with Crippen LogP contribution in [-0.2, 0) is 70.6 Å². The zero-order chi connectivity index (χ0) is 54.6. The average molecular weight is 1080 g/mol. The van der Waals surface area contributed by atoms with E-state index in [2.05, 4.69) is 51.9 Å². The maximum Gasteiger partial charge on any atom is 0.246 e. The van der Waals surface area contributed by atoms with Crippen LogP contribution in [0.1, 0.15) is 133 Å². The van der Waals surface area contributed by atoms with Crippen molar-refractivity contribution in [3.63, 3.8) is 0 Å². The minimum atomic E-state index is -3.82. The van der Waals surface area contributed by atoms with Crippen LogP contribution >= 0.6 is 0 Å². The summed E-state index contributed by atoms with van der Waals surface area (Å²) >= 11 is 0. The number of likely N-dealkylation sites (N-methyl/N-ethyl adjacent to an activating group) is 1. The number of unbranched alkanes of at least 4 members (excludes halogenated alkanes) is 13. The van der Waals surface area contributed by atoms with E-state index in [1.54, 1.807) is 19.2 Å². The number of nitrogens with two attached hydrogens (primary N) is 1. The van der Waals surface area contributed by atoms with Crippen molar-refractivity contribution < 1.29 is 61.2 Å². The fourth-order valence-corrected chi connectivity index (χ4v) is 8.72. The summed E-state index contributed by atoms with van der Waals surface area (Å²) in [5.41, 5.74) is 6.31. The first kappa shape index (κ1) is 65.9. The molecule has 1 aromatic heterocycles. The lowest BCUT2D eigenvalue weighted by Crippen LogP contribution is -2.48. The third kappa shape index (κ3) is 37.3. The van der Waals surface area contributed by atoms with Crippen LogP contribution in [0.3, 0.4) is 0 Å². The van der Waals surface area contributed by atoms with Crippen LogP contribution in [-0.4, -0.2) is 173 Å². The van der Waals surface area contributed by atoms with Crippen LogP contribution in [0.5, 0.6) is 5.75 Å². The number of hydrogen-bond acceptors (Lipinski definition) is 18. The summed E-state index contributed by atoms with van der Waals surface area (Å²) in [7, 11) is -2.14. The summed E-state index contributed by atoms with van der Waals surface area (Å²) in [5.74, 6) is -1.53. The molecule has 1 heterocycles. The second-order valence-electron chi connectivity index (χ2n) is 18.3. The number of aromatic nitrogens is 4. The highest BCUT2D eigenvalue weighted by Gasteiger charge is 2.21. The van der Waals surface area contributed by atoms with Crippen LogP contribution in [0.4, 0.5) is 0 Å². The summed E-state index contributed by atoms with van der Waals surface area (Å²) in [6.07, 6.45) is 17.8. The molecule has 0 saturated heterocycles. The number of phenols is 1. The fraction of sp³-hybridized carbons (Fsp3) is 0.740. The Morgan fingerprint density at radius 2 is 1.16 bits per heavy atom. The Bertz CT molecular complexity index is 1970. The van der Waals surface area contributed by atoms with E-state index < -0.39 is 33.9 Å². The molecule has 426 valence electrons. The van der Waals surface area contributed by atoms with Crippen molar-refractivity contribution in [2.24, 2.45) is 5.73 Å². The zero-order valence-corrected chi connectivity index (χ0v) is 45.0. The van der Waals surface area contributed by atoms with E-state index in [-0.39, 0.29) is 133 Å². The SMILES string of the molecule is CN[C@@H](CCCCNC(=O)COCCOCCNC(=O)COCCOCCNC(=O)CCCS(=O)(=O)NC(=O)CCCCCCCCCCCCCCCc1nnn[nH]1)C(=O)CN[C@@H](Cc1ccc(O)cc1)C(N)=O. The number of benzene rings is 1. The number of aromatic hydroxyl groups is 1. The number of amides is 5. The summed E-state index contributed by atoms with van der Waals surface area (Å²) in [4.78, 5) is 73.1. The molecule has 0 fully saturated rings. The Kier molecular flexibility index (Phi) is 37.8. The molecule has 75 heavy (non-hydrogen) atoms. The summed E-state index contributed by atoms with van der Waals surface area (Å²) in [6.45, 7) is 1.70. The predicted molar refractivity (Wildman–Crippen MR) is 280 cm³/mol. The van der Waals surface area contributed by atoms with Gasteiger partial charge in [0.15, 0.2) is 5.78 Å². The van der Waals surface area contributed by atoms with Gasteiger partial charge in [0.2, 0.25) is 39.6 Å². The first-order valence-electron chi connectivity index (χ1n) is 26.7. The fourth-order valence-electron chi connectivity index (χ4n) is 7.65. The van der Waals surface area contributed by atoms with E-state index in [1.807, 2.05) is 0 Å². The molecule has 0 unspecified atom stereocenters. The monoisotopic (exact) mass is 1080 g/mol. The van der Waals surface area contributed by atoms with E-state index in [0.717, 1.165) is 43.5 Å². The number of Topliss-reactive ketones (excluding diaryl/α,β-unsaturated/α-hetero) is 1. The third-order valence-electron chi connectivity index (χ3n) is 11.9. The lowest BCUT2D eigenvalue weighted by atomic mass is 10.0. The number of phenolic OH excluding ortho intramolecular Hbond substituents is 1. The van der Waals surface area contributed by atoms with E-state index in [4.69, 9.17) is 24.7 Å². The van der Waals surface area contributed by atoms with Gasteiger partial charge in [-0.05, 0) is 80.1 Å². The smallest absolute Gasteiger partial charge is 0.246 e. The number of nitrogens with one attached hydrogen (secondary N) is 7. The Labute approximate surface area is 443 Å². The number of H-pyrrole nitrogens is 1. The number of rotatable bonds is 50. The Hall–Kier alpha value is -5.18. The van der Waals surface area contributed by atoms with E-state index in [1.165, 1.54) is 63.5 Å². The summed E-state index contributed by atoms with van der Waals surface area (Å²) in [6, 6.07) is 5.22. The molecular weight excluding hydrogens is 995 g/mol. The highest BCUT2D eigenvalue weighted by molar-refractivity contribution is 7.90. The molecule has 2 rings (SSSR count). The van der Waals surface area contributed by atoms with Gasteiger partial charge < -0.3 is 51.1 Å². The lowest BCUT2D eigenvalue weighted by molar-refractivity contribution is -0.127. The highest BCUT2D eigenvalue weighted by Crippen LogP contribution is 2.14. The molecule has 24 nitrogen and oxygen atoms in total. The van der Waals surface area contributed by atoms with Gasteiger partial charge in [-0.25, -0.2) is 13.5 Å². The van der Waals surface area contributed by atoms with Gasteiger partial charge >= 0.3 is 0 Å². The van der Waals surface area contributed by atoms with Crippen LogP contribution in [0.15, 0.2) is 24.3 Å². The number of aromatic amines is 1. The quantitative estimate of drug-likeness (QED) is 0.0425. The van der Waals surface area contributed by atoms with E-state index in [9.17, 15) is 42.3 Å². The minimum absolute atomic E-state index is 0.0151. The maximum atomic E-state index is 12.8.